The van der Waals surface area contributed by atoms with Crippen LogP contribution in [0.15, 0.2) is 18.2 Å². The average Bonchev–Trinajstić information content (AvgIpc) is 2.20. The first-order chi connectivity index (χ1) is 7.16. The summed E-state index contributed by atoms with van der Waals surface area (Å²) >= 11 is 5.67. The van der Waals surface area contributed by atoms with Gasteiger partial charge in [0, 0.05) is 18.1 Å². The van der Waals surface area contributed by atoms with Crippen molar-refractivity contribution in [2.75, 3.05) is 17.7 Å². The quantitative estimate of drug-likeness (QED) is 0.586. The molecule has 15 heavy (non-hydrogen) atoms. The second kappa shape index (κ2) is 6.02. The molecule has 2 heteroatoms. The van der Waals surface area contributed by atoms with Crippen LogP contribution < -0.4 is 5.32 Å². The molecule has 0 aromatic heterocycles. The second-order valence-electron chi connectivity index (χ2n) is 4.16. The van der Waals surface area contributed by atoms with E-state index in [1.807, 2.05) is 0 Å². The summed E-state index contributed by atoms with van der Waals surface area (Å²) in [6, 6.07) is 6.47. The highest BCUT2D eigenvalue weighted by molar-refractivity contribution is 6.17. The number of hydrogen-bond acceptors (Lipinski definition) is 1. The first-order valence-electron chi connectivity index (χ1n) is 5.56. The second-order valence-corrected chi connectivity index (χ2v) is 4.54. The van der Waals surface area contributed by atoms with E-state index in [1.165, 1.54) is 16.8 Å². The van der Waals surface area contributed by atoms with Gasteiger partial charge in [0.15, 0.2) is 0 Å². The molecule has 0 saturated carbocycles. The van der Waals surface area contributed by atoms with Crippen LogP contribution in [-0.2, 0) is 0 Å². The Hall–Kier alpha value is -0.690. The number of nitrogens with one attached hydrogen (secondary N) is 1. The molecule has 1 aromatic rings. The van der Waals surface area contributed by atoms with Gasteiger partial charge in [-0.2, -0.15) is 0 Å². The van der Waals surface area contributed by atoms with Gasteiger partial charge in [0.25, 0.3) is 0 Å². The predicted molar refractivity (Wildman–Crippen MR) is 69.1 cm³/mol. The first kappa shape index (κ1) is 12.4. The van der Waals surface area contributed by atoms with Gasteiger partial charge in [-0.1, -0.05) is 32.0 Å². The lowest BCUT2D eigenvalue weighted by Gasteiger charge is -2.16. The smallest absolute Gasteiger partial charge is 0.0405 e. The van der Waals surface area contributed by atoms with E-state index < -0.39 is 0 Å². The minimum absolute atomic E-state index is 0.559. The molecule has 1 rings (SSSR count). The van der Waals surface area contributed by atoms with E-state index in [0.29, 0.717) is 5.92 Å². The molecule has 1 aromatic carbocycles. The standard InChI is InChI=1S/C13H20ClN/c1-10(2)12-7-4-6-11(3)13(12)15-9-5-8-14/h4,6-7,10,15H,5,8-9H2,1-3H3. The Morgan fingerprint density at radius 2 is 2.07 bits per heavy atom. The average molecular weight is 226 g/mol. The van der Waals surface area contributed by atoms with Crippen molar-refractivity contribution in [3.05, 3.63) is 29.3 Å². The molecule has 0 fully saturated rings. The summed E-state index contributed by atoms with van der Waals surface area (Å²) in [6.07, 6.45) is 1.01. The molecule has 84 valence electrons. The number of para-hydroxylation sites is 1. The highest BCUT2D eigenvalue weighted by atomic mass is 35.5. The fourth-order valence-electron chi connectivity index (χ4n) is 1.69. The Bertz CT molecular complexity index is 307. The highest BCUT2D eigenvalue weighted by Crippen LogP contribution is 2.27. The SMILES string of the molecule is Cc1cccc(C(C)C)c1NCCCCl. The summed E-state index contributed by atoms with van der Waals surface area (Å²) in [5, 5.41) is 3.48. The van der Waals surface area contributed by atoms with E-state index >= 15 is 0 Å². The van der Waals surface area contributed by atoms with Gasteiger partial charge >= 0.3 is 0 Å². The van der Waals surface area contributed by atoms with Crippen molar-refractivity contribution >= 4 is 17.3 Å². The molecule has 0 spiro atoms. The predicted octanol–water partition coefficient (Wildman–Crippen LogP) is 4.16. The number of alkyl halides is 1. The lowest BCUT2D eigenvalue weighted by Crippen LogP contribution is -2.07. The summed E-state index contributed by atoms with van der Waals surface area (Å²) < 4.78 is 0. The van der Waals surface area contributed by atoms with Crippen LogP contribution in [0.25, 0.3) is 0 Å². The van der Waals surface area contributed by atoms with E-state index in [1.54, 1.807) is 0 Å². The monoisotopic (exact) mass is 225 g/mol. The number of aryl methyl sites for hydroxylation is 1. The molecule has 0 aliphatic rings. The highest BCUT2D eigenvalue weighted by Gasteiger charge is 2.07. The van der Waals surface area contributed by atoms with Crippen LogP contribution in [-0.4, -0.2) is 12.4 Å². The van der Waals surface area contributed by atoms with Crippen molar-refractivity contribution in [1.29, 1.82) is 0 Å². The maximum absolute atomic E-state index is 5.67. The Morgan fingerprint density at radius 1 is 1.33 bits per heavy atom. The number of halogens is 1. The largest absolute Gasteiger partial charge is 0.385 e. The third kappa shape index (κ3) is 3.42. The van der Waals surface area contributed by atoms with Gasteiger partial charge in [-0.15, -0.1) is 11.6 Å². The minimum atomic E-state index is 0.559. The molecule has 0 aliphatic heterocycles. The van der Waals surface area contributed by atoms with E-state index in [-0.39, 0.29) is 0 Å². The number of anilines is 1. The van der Waals surface area contributed by atoms with Gasteiger partial charge in [0.1, 0.15) is 0 Å². The van der Waals surface area contributed by atoms with Gasteiger partial charge in [-0.3, -0.25) is 0 Å². The zero-order valence-electron chi connectivity index (χ0n) is 9.81. The molecule has 0 radical (unpaired) electrons. The molecule has 0 aliphatic carbocycles. The van der Waals surface area contributed by atoms with Gasteiger partial charge in [0.2, 0.25) is 0 Å². The molecule has 1 N–H and O–H groups in total. The normalized spacial score (nSPS) is 10.7. The Kier molecular flexibility index (Phi) is 4.97. The maximum Gasteiger partial charge on any atom is 0.0405 e. The summed E-state index contributed by atoms with van der Waals surface area (Å²) in [6.45, 7) is 7.55. The Morgan fingerprint density at radius 3 is 2.67 bits per heavy atom. The first-order valence-corrected chi connectivity index (χ1v) is 6.09. The molecule has 0 heterocycles. The van der Waals surface area contributed by atoms with Gasteiger partial charge in [-0.05, 0) is 30.4 Å². The van der Waals surface area contributed by atoms with Crippen LogP contribution in [0.4, 0.5) is 5.69 Å². The third-order valence-electron chi connectivity index (χ3n) is 2.54. The number of hydrogen-bond donors (Lipinski definition) is 1. The Labute approximate surface area is 97.8 Å². The molecule has 0 saturated heterocycles. The zero-order chi connectivity index (χ0) is 11.3. The summed E-state index contributed by atoms with van der Waals surface area (Å²) in [7, 11) is 0. The molecule has 0 amide bonds. The fourth-order valence-corrected chi connectivity index (χ4v) is 1.83. The Balaban J connectivity index is 2.82. The van der Waals surface area contributed by atoms with Crippen molar-refractivity contribution < 1.29 is 0 Å². The zero-order valence-corrected chi connectivity index (χ0v) is 10.6. The maximum atomic E-state index is 5.67. The van der Waals surface area contributed by atoms with Crippen molar-refractivity contribution in [2.24, 2.45) is 0 Å². The summed E-state index contributed by atoms with van der Waals surface area (Å²) in [5.41, 5.74) is 4.00. The molecule has 0 unspecified atom stereocenters. The van der Waals surface area contributed by atoms with E-state index in [9.17, 15) is 0 Å². The van der Waals surface area contributed by atoms with Crippen LogP contribution in [0.1, 0.15) is 37.3 Å². The lowest BCUT2D eigenvalue weighted by atomic mass is 9.98. The van der Waals surface area contributed by atoms with Crippen molar-refractivity contribution in [3.8, 4) is 0 Å². The third-order valence-corrected chi connectivity index (χ3v) is 2.81. The van der Waals surface area contributed by atoms with E-state index in [4.69, 9.17) is 11.6 Å². The van der Waals surface area contributed by atoms with Gasteiger partial charge in [-0.25, -0.2) is 0 Å². The van der Waals surface area contributed by atoms with Crippen LogP contribution in [0.3, 0.4) is 0 Å². The van der Waals surface area contributed by atoms with Crippen LogP contribution in [0, 0.1) is 6.92 Å². The van der Waals surface area contributed by atoms with Crippen molar-refractivity contribution in [2.45, 2.75) is 33.1 Å². The molecule has 1 nitrogen and oxygen atoms in total. The van der Waals surface area contributed by atoms with Gasteiger partial charge < -0.3 is 5.32 Å². The number of rotatable bonds is 5. The molecular weight excluding hydrogens is 206 g/mol. The van der Waals surface area contributed by atoms with Crippen LogP contribution >= 0.6 is 11.6 Å². The van der Waals surface area contributed by atoms with Crippen LogP contribution in [0.5, 0.6) is 0 Å². The topological polar surface area (TPSA) is 12.0 Å². The van der Waals surface area contributed by atoms with Crippen LogP contribution in [0.2, 0.25) is 0 Å². The van der Waals surface area contributed by atoms with Gasteiger partial charge in [0.05, 0.1) is 0 Å². The summed E-state index contributed by atoms with van der Waals surface area (Å²) in [5.74, 6) is 1.28. The number of benzene rings is 1. The molecular formula is C13H20ClN. The summed E-state index contributed by atoms with van der Waals surface area (Å²) in [4.78, 5) is 0. The van der Waals surface area contributed by atoms with Crippen molar-refractivity contribution in [1.82, 2.24) is 0 Å². The minimum Gasteiger partial charge on any atom is -0.385 e. The van der Waals surface area contributed by atoms with E-state index in [0.717, 1.165) is 18.8 Å². The molecule has 0 bridgehead atoms. The fraction of sp³-hybridized carbons (Fsp3) is 0.538. The molecule has 0 atom stereocenters. The van der Waals surface area contributed by atoms with E-state index in [2.05, 4.69) is 44.3 Å². The van der Waals surface area contributed by atoms with Crippen molar-refractivity contribution in [3.63, 3.8) is 0 Å². The lowest BCUT2D eigenvalue weighted by molar-refractivity contribution is 0.860.